The lowest BCUT2D eigenvalue weighted by atomic mass is 9.95. The number of rotatable bonds is 3. The van der Waals surface area contributed by atoms with E-state index in [1.54, 1.807) is 6.92 Å². The van der Waals surface area contributed by atoms with E-state index in [-0.39, 0.29) is 5.92 Å². The molecule has 11 heavy (non-hydrogen) atoms. The van der Waals surface area contributed by atoms with E-state index >= 15 is 0 Å². The van der Waals surface area contributed by atoms with Gasteiger partial charge < -0.3 is 0 Å². The molecule has 0 rings (SSSR count). The average molecular weight is 199 g/mol. The molecule has 0 N–H and O–H groups in total. The predicted octanol–water partition coefficient (Wildman–Crippen LogP) is 2.24. The Hall–Kier alpha value is 0.240. The molecule has 0 aromatic rings. The molecule has 0 saturated carbocycles. The van der Waals surface area contributed by atoms with Gasteiger partial charge in [0.25, 0.3) is 0 Å². The Balaban J connectivity index is 4.38. The number of halogens is 1. The molecule has 0 fully saturated rings. The maximum Gasteiger partial charge on any atom is 0.235 e. The molecule has 4 heteroatoms. The molecule has 0 heterocycles. The summed E-state index contributed by atoms with van der Waals surface area (Å²) in [6, 6.07) is 0. The Labute approximate surface area is 73.4 Å². The SMILES string of the molecule is CC(C)C(C)C(C)S(=O)(=O)Cl. The number of hydrogen-bond acceptors (Lipinski definition) is 2. The van der Waals surface area contributed by atoms with Crippen LogP contribution in [0.3, 0.4) is 0 Å². The summed E-state index contributed by atoms with van der Waals surface area (Å²) >= 11 is 0. The molecule has 2 nitrogen and oxygen atoms in total. The standard InChI is InChI=1S/C7H15ClO2S/c1-5(2)6(3)7(4)11(8,9)10/h5-7H,1-4H3. The molecule has 0 aromatic heterocycles. The summed E-state index contributed by atoms with van der Waals surface area (Å²) in [5, 5.41) is -0.454. The first kappa shape index (κ1) is 11.2. The average Bonchev–Trinajstić information content (AvgIpc) is 1.82. The van der Waals surface area contributed by atoms with E-state index in [9.17, 15) is 8.42 Å². The van der Waals surface area contributed by atoms with Crippen LogP contribution in [0.2, 0.25) is 0 Å². The smallest absolute Gasteiger partial charge is 0.212 e. The van der Waals surface area contributed by atoms with Gasteiger partial charge in [-0.3, -0.25) is 0 Å². The molecule has 0 saturated heterocycles. The van der Waals surface area contributed by atoms with Crippen molar-refractivity contribution in [3.8, 4) is 0 Å². The van der Waals surface area contributed by atoms with E-state index in [0.29, 0.717) is 5.92 Å². The molecule has 0 spiro atoms. The Morgan fingerprint density at radius 3 is 1.55 bits per heavy atom. The lowest BCUT2D eigenvalue weighted by molar-refractivity contribution is 0.405. The molecule has 68 valence electrons. The van der Waals surface area contributed by atoms with Crippen molar-refractivity contribution in [1.29, 1.82) is 0 Å². The van der Waals surface area contributed by atoms with Crippen molar-refractivity contribution in [2.45, 2.75) is 32.9 Å². The van der Waals surface area contributed by atoms with Crippen LogP contribution < -0.4 is 0 Å². The van der Waals surface area contributed by atoms with Crippen LogP contribution >= 0.6 is 10.7 Å². The molecule has 0 aliphatic carbocycles. The molecule has 0 radical (unpaired) electrons. The van der Waals surface area contributed by atoms with Crippen LogP contribution in [0.1, 0.15) is 27.7 Å². The highest BCUT2D eigenvalue weighted by Gasteiger charge is 2.26. The largest absolute Gasteiger partial charge is 0.235 e. The molecule has 0 aliphatic heterocycles. The zero-order valence-electron chi connectivity index (χ0n) is 7.33. The van der Waals surface area contributed by atoms with Gasteiger partial charge in [-0.05, 0) is 18.8 Å². The highest BCUT2D eigenvalue weighted by Crippen LogP contribution is 2.22. The third-order valence-electron chi connectivity index (χ3n) is 2.24. The van der Waals surface area contributed by atoms with Crippen molar-refractivity contribution >= 4 is 19.7 Å². The van der Waals surface area contributed by atoms with Crippen LogP contribution in [-0.2, 0) is 9.05 Å². The second-order valence-corrected chi connectivity index (χ2v) is 6.27. The van der Waals surface area contributed by atoms with Gasteiger partial charge in [0, 0.05) is 10.7 Å². The van der Waals surface area contributed by atoms with Gasteiger partial charge in [0.2, 0.25) is 9.05 Å². The summed E-state index contributed by atoms with van der Waals surface area (Å²) in [7, 11) is 1.82. The van der Waals surface area contributed by atoms with Gasteiger partial charge in [0.05, 0.1) is 5.25 Å². The molecule has 0 aliphatic rings. The minimum atomic E-state index is -3.37. The minimum absolute atomic E-state index is 0.109. The molecule has 0 amide bonds. The predicted molar refractivity (Wildman–Crippen MR) is 48.2 cm³/mol. The highest BCUT2D eigenvalue weighted by molar-refractivity contribution is 8.14. The molecule has 0 aromatic carbocycles. The molecular weight excluding hydrogens is 184 g/mol. The van der Waals surface area contributed by atoms with E-state index < -0.39 is 14.3 Å². The fraction of sp³-hybridized carbons (Fsp3) is 1.00. The molecular formula is C7H15ClO2S. The van der Waals surface area contributed by atoms with E-state index in [4.69, 9.17) is 10.7 Å². The van der Waals surface area contributed by atoms with Crippen LogP contribution in [0.4, 0.5) is 0 Å². The first-order valence-corrected chi connectivity index (χ1v) is 6.07. The first-order valence-electron chi connectivity index (χ1n) is 3.70. The first-order chi connectivity index (χ1) is 4.76. The summed E-state index contributed by atoms with van der Waals surface area (Å²) in [4.78, 5) is 0. The lowest BCUT2D eigenvalue weighted by Crippen LogP contribution is -2.24. The van der Waals surface area contributed by atoms with Crippen LogP contribution in [-0.4, -0.2) is 13.7 Å². The van der Waals surface area contributed by atoms with Gasteiger partial charge in [-0.25, -0.2) is 8.42 Å². The summed E-state index contributed by atoms with van der Waals surface area (Å²) in [5.41, 5.74) is 0. The van der Waals surface area contributed by atoms with E-state index in [1.807, 2.05) is 20.8 Å². The van der Waals surface area contributed by atoms with Crippen LogP contribution in [0.15, 0.2) is 0 Å². The van der Waals surface area contributed by atoms with Crippen molar-refractivity contribution in [3.05, 3.63) is 0 Å². The summed E-state index contributed by atoms with van der Waals surface area (Å²) in [5.74, 6) is 0.455. The summed E-state index contributed by atoms with van der Waals surface area (Å²) in [6.45, 7) is 7.52. The maximum atomic E-state index is 10.8. The topological polar surface area (TPSA) is 34.1 Å². The molecule has 2 unspecified atom stereocenters. The van der Waals surface area contributed by atoms with Crippen LogP contribution in [0.5, 0.6) is 0 Å². The monoisotopic (exact) mass is 198 g/mol. The van der Waals surface area contributed by atoms with Gasteiger partial charge in [-0.2, -0.15) is 0 Å². The van der Waals surface area contributed by atoms with Gasteiger partial charge >= 0.3 is 0 Å². The highest BCUT2D eigenvalue weighted by atomic mass is 35.7. The second-order valence-electron chi connectivity index (χ2n) is 3.28. The quantitative estimate of drug-likeness (QED) is 0.652. The third kappa shape index (κ3) is 3.43. The lowest BCUT2D eigenvalue weighted by Gasteiger charge is -2.20. The van der Waals surface area contributed by atoms with Gasteiger partial charge in [-0.15, -0.1) is 0 Å². The zero-order chi connectivity index (χ0) is 9.23. The van der Waals surface area contributed by atoms with Crippen LogP contribution in [0, 0.1) is 11.8 Å². The van der Waals surface area contributed by atoms with Crippen LogP contribution in [0.25, 0.3) is 0 Å². The zero-order valence-corrected chi connectivity index (χ0v) is 8.91. The molecule has 0 bridgehead atoms. The van der Waals surface area contributed by atoms with Crippen molar-refractivity contribution in [2.75, 3.05) is 0 Å². The Bertz CT molecular complexity index is 208. The maximum absolute atomic E-state index is 10.8. The Kier molecular flexibility index (Phi) is 3.85. The van der Waals surface area contributed by atoms with Crippen molar-refractivity contribution < 1.29 is 8.42 Å². The van der Waals surface area contributed by atoms with Crippen molar-refractivity contribution in [1.82, 2.24) is 0 Å². The summed E-state index contributed by atoms with van der Waals surface area (Å²) < 4.78 is 21.7. The van der Waals surface area contributed by atoms with Gasteiger partial charge in [0.1, 0.15) is 0 Å². The normalized spacial score (nSPS) is 18.4. The second kappa shape index (κ2) is 3.76. The third-order valence-corrected chi connectivity index (χ3v) is 4.40. The minimum Gasteiger partial charge on any atom is -0.212 e. The van der Waals surface area contributed by atoms with Gasteiger partial charge in [-0.1, -0.05) is 20.8 Å². The van der Waals surface area contributed by atoms with E-state index in [1.165, 1.54) is 0 Å². The Morgan fingerprint density at radius 1 is 1.09 bits per heavy atom. The van der Waals surface area contributed by atoms with E-state index in [2.05, 4.69) is 0 Å². The fourth-order valence-electron chi connectivity index (χ4n) is 0.798. The number of hydrogen-bond donors (Lipinski definition) is 0. The molecule has 2 atom stereocenters. The van der Waals surface area contributed by atoms with Crippen molar-refractivity contribution in [2.24, 2.45) is 11.8 Å². The fourth-order valence-corrected chi connectivity index (χ4v) is 2.11. The van der Waals surface area contributed by atoms with E-state index in [0.717, 1.165) is 0 Å². The van der Waals surface area contributed by atoms with Gasteiger partial charge in [0.15, 0.2) is 0 Å². The summed E-state index contributed by atoms with van der Waals surface area (Å²) in [6.07, 6.45) is 0. The Morgan fingerprint density at radius 2 is 1.45 bits per heavy atom. The van der Waals surface area contributed by atoms with Crippen molar-refractivity contribution in [3.63, 3.8) is 0 Å².